The van der Waals surface area contributed by atoms with Crippen molar-refractivity contribution in [2.75, 3.05) is 18.4 Å². The molecule has 2 aliphatic rings. The van der Waals surface area contributed by atoms with Gasteiger partial charge in [0.2, 0.25) is 5.91 Å². The molecule has 184 valence electrons. The molecule has 2 aromatic heterocycles. The Labute approximate surface area is 205 Å². The van der Waals surface area contributed by atoms with E-state index in [2.05, 4.69) is 33.8 Å². The fraction of sp³-hybridized carbons (Fsp3) is 0.577. The van der Waals surface area contributed by atoms with Gasteiger partial charge in [-0.2, -0.15) is 0 Å². The SMILES string of the molecule is C=CC1C[C@H](OC(=O)C2(c3cccs3)CCCCCC2)C1CCNCC(=O)Nc1cc(C)on1. The number of ether oxygens (including phenoxy) is 1. The maximum atomic E-state index is 13.6. The molecule has 2 saturated carbocycles. The highest BCUT2D eigenvalue weighted by atomic mass is 32.1. The van der Waals surface area contributed by atoms with E-state index in [0.29, 0.717) is 24.0 Å². The van der Waals surface area contributed by atoms with Gasteiger partial charge in [-0.05, 0) is 56.5 Å². The Bertz CT molecular complexity index is 963. The van der Waals surface area contributed by atoms with Crippen molar-refractivity contribution in [3.63, 3.8) is 0 Å². The number of rotatable bonds is 10. The van der Waals surface area contributed by atoms with Crippen molar-refractivity contribution in [1.29, 1.82) is 0 Å². The molecule has 34 heavy (non-hydrogen) atoms. The number of nitrogens with one attached hydrogen (secondary N) is 2. The highest BCUT2D eigenvalue weighted by Gasteiger charge is 2.47. The van der Waals surface area contributed by atoms with Crippen LogP contribution in [0.5, 0.6) is 0 Å². The summed E-state index contributed by atoms with van der Waals surface area (Å²) in [6, 6.07) is 5.81. The minimum atomic E-state index is -0.496. The second-order valence-electron chi connectivity index (χ2n) is 9.55. The second kappa shape index (κ2) is 11.3. The van der Waals surface area contributed by atoms with Gasteiger partial charge in [0.05, 0.1) is 6.54 Å². The Morgan fingerprint density at radius 2 is 2.12 bits per heavy atom. The molecule has 0 saturated heterocycles. The number of carbonyl (C=O) groups is 2. The first kappa shape index (κ1) is 24.7. The number of aromatic nitrogens is 1. The summed E-state index contributed by atoms with van der Waals surface area (Å²) >= 11 is 1.67. The summed E-state index contributed by atoms with van der Waals surface area (Å²) in [5.41, 5.74) is -0.496. The number of anilines is 1. The van der Waals surface area contributed by atoms with Crippen molar-refractivity contribution >= 4 is 29.0 Å². The first-order valence-corrected chi connectivity index (χ1v) is 13.2. The number of hydrogen-bond acceptors (Lipinski definition) is 7. The number of allylic oxidation sites excluding steroid dienone is 1. The lowest BCUT2D eigenvalue weighted by Crippen LogP contribution is -2.48. The molecule has 7 nitrogen and oxygen atoms in total. The normalized spacial score (nSPS) is 24.0. The van der Waals surface area contributed by atoms with E-state index in [9.17, 15) is 9.59 Å². The summed E-state index contributed by atoms with van der Waals surface area (Å²) in [7, 11) is 0. The Kier molecular flexibility index (Phi) is 8.21. The van der Waals surface area contributed by atoms with Crippen molar-refractivity contribution in [2.45, 2.75) is 69.8 Å². The highest BCUT2D eigenvalue weighted by Crippen LogP contribution is 2.45. The Morgan fingerprint density at radius 3 is 2.76 bits per heavy atom. The van der Waals surface area contributed by atoms with Crippen LogP contribution in [0, 0.1) is 18.8 Å². The molecule has 2 aliphatic carbocycles. The smallest absolute Gasteiger partial charge is 0.317 e. The molecule has 3 atom stereocenters. The minimum absolute atomic E-state index is 0.0513. The lowest BCUT2D eigenvalue weighted by molar-refractivity contribution is -0.169. The van der Waals surface area contributed by atoms with Crippen LogP contribution in [0.3, 0.4) is 0 Å². The molecule has 0 spiro atoms. The first-order valence-electron chi connectivity index (χ1n) is 12.3. The standard InChI is InChI=1S/C26H35N3O4S/c1-3-19-16-21(20(19)10-13-27-17-24(30)28-23-15-18(2)33-29-23)32-25(31)26(22-9-8-14-34-22)11-6-4-5-7-12-26/h3,8-9,14-15,19-21,27H,1,4-7,10-13,16-17H2,2H3,(H,28,29,30)/t19?,20?,21-/m0/s1. The highest BCUT2D eigenvalue weighted by molar-refractivity contribution is 7.10. The van der Waals surface area contributed by atoms with Crippen molar-refractivity contribution in [3.05, 3.63) is 46.9 Å². The van der Waals surface area contributed by atoms with Gasteiger partial charge < -0.3 is 19.9 Å². The van der Waals surface area contributed by atoms with Crippen molar-refractivity contribution in [3.8, 4) is 0 Å². The lowest BCUT2D eigenvalue weighted by Gasteiger charge is -2.44. The van der Waals surface area contributed by atoms with E-state index in [1.807, 2.05) is 12.1 Å². The number of carbonyl (C=O) groups excluding carboxylic acids is 2. The zero-order chi connectivity index (χ0) is 24.0. The summed E-state index contributed by atoms with van der Waals surface area (Å²) < 4.78 is 11.2. The summed E-state index contributed by atoms with van der Waals surface area (Å²) in [6.07, 6.45) is 9.75. The maximum absolute atomic E-state index is 13.6. The third-order valence-corrected chi connectivity index (χ3v) is 8.34. The third-order valence-electron chi connectivity index (χ3n) is 7.27. The van der Waals surface area contributed by atoms with Crippen LogP contribution in [-0.2, 0) is 19.7 Å². The van der Waals surface area contributed by atoms with Crippen LogP contribution in [-0.4, -0.2) is 36.2 Å². The average molecular weight is 486 g/mol. The van der Waals surface area contributed by atoms with Gasteiger partial charge in [0.1, 0.15) is 17.3 Å². The summed E-state index contributed by atoms with van der Waals surface area (Å²) in [4.78, 5) is 26.8. The predicted molar refractivity (Wildman–Crippen MR) is 133 cm³/mol. The van der Waals surface area contributed by atoms with Gasteiger partial charge in [-0.25, -0.2) is 0 Å². The average Bonchev–Trinajstić information content (AvgIpc) is 3.43. The van der Waals surface area contributed by atoms with Gasteiger partial charge in [0.25, 0.3) is 0 Å². The van der Waals surface area contributed by atoms with Gasteiger partial charge in [0.15, 0.2) is 5.82 Å². The van der Waals surface area contributed by atoms with E-state index in [0.717, 1.165) is 43.4 Å². The van der Waals surface area contributed by atoms with Gasteiger partial charge in [-0.1, -0.05) is 43.0 Å². The lowest BCUT2D eigenvalue weighted by atomic mass is 9.69. The van der Waals surface area contributed by atoms with Gasteiger partial charge >= 0.3 is 5.97 Å². The van der Waals surface area contributed by atoms with E-state index < -0.39 is 5.41 Å². The number of nitrogens with zero attached hydrogens (tertiary/aromatic N) is 1. The van der Waals surface area contributed by atoms with E-state index in [1.165, 1.54) is 12.8 Å². The zero-order valence-corrected chi connectivity index (χ0v) is 20.7. The molecule has 4 rings (SSSR count). The molecule has 0 aliphatic heterocycles. The van der Waals surface area contributed by atoms with Gasteiger partial charge in [-0.15, -0.1) is 17.9 Å². The molecule has 2 N–H and O–H groups in total. The van der Waals surface area contributed by atoms with Crippen LogP contribution in [0.1, 0.15) is 62.0 Å². The van der Waals surface area contributed by atoms with Gasteiger partial charge in [0, 0.05) is 16.9 Å². The maximum Gasteiger partial charge on any atom is 0.317 e. The number of thiophene rings is 1. The van der Waals surface area contributed by atoms with Crippen LogP contribution in [0.2, 0.25) is 0 Å². The molecular formula is C26H35N3O4S. The summed E-state index contributed by atoms with van der Waals surface area (Å²) in [5, 5.41) is 11.7. The molecular weight excluding hydrogens is 450 g/mol. The van der Waals surface area contributed by atoms with Crippen molar-refractivity contribution in [1.82, 2.24) is 10.5 Å². The third kappa shape index (κ3) is 5.61. The molecule has 2 heterocycles. The largest absolute Gasteiger partial charge is 0.461 e. The molecule has 2 fully saturated rings. The Hall–Kier alpha value is -2.45. The number of amides is 1. The minimum Gasteiger partial charge on any atom is -0.461 e. The number of aryl methyl sites for hydroxylation is 1. The quantitative estimate of drug-likeness (QED) is 0.213. The fourth-order valence-electron chi connectivity index (χ4n) is 5.27. The van der Waals surface area contributed by atoms with Crippen molar-refractivity contribution in [2.24, 2.45) is 11.8 Å². The molecule has 2 aromatic rings. The van der Waals surface area contributed by atoms with E-state index in [1.54, 1.807) is 24.3 Å². The first-order chi connectivity index (χ1) is 16.5. The molecule has 2 unspecified atom stereocenters. The molecule has 0 aromatic carbocycles. The molecule has 0 bridgehead atoms. The van der Waals surface area contributed by atoms with E-state index in [-0.39, 0.29) is 30.4 Å². The molecule has 1 amide bonds. The molecule has 8 heteroatoms. The topological polar surface area (TPSA) is 93.5 Å². The monoisotopic (exact) mass is 485 g/mol. The Balaban J connectivity index is 1.29. The summed E-state index contributed by atoms with van der Waals surface area (Å²) in [6.45, 7) is 6.58. The number of esters is 1. The van der Waals surface area contributed by atoms with E-state index >= 15 is 0 Å². The summed E-state index contributed by atoms with van der Waals surface area (Å²) in [5.74, 6) is 1.40. The van der Waals surface area contributed by atoms with Gasteiger partial charge in [-0.3, -0.25) is 9.59 Å². The van der Waals surface area contributed by atoms with Crippen LogP contribution >= 0.6 is 11.3 Å². The van der Waals surface area contributed by atoms with Crippen LogP contribution in [0.15, 0.2) is 40.8 Å². The van der Waals surface area contributed by atoms with Crippen LogP contribution in [0.25, 0.3) is 0 Å². The van der Waals surface area contributed by atoms with E-state index in [4.69, 9.17) is 9.26 Å². The van der Waals surface area contributed by atoms with Crippen molar-refractivity contribution < 1.29 is 18.8 Å². The number of hydrogen-bond donors (Lipinski definition) is 2. The predicted octanol–water partition coefficient (Wildman–Crippen LogP) is 4.99. The molecule has 0 radical (unpaired) electrons. The Morgan fingerprint density at radius 1 is 1.32 bits per heavy atom. The van der Waals surface area contributed by atoms with Crippen LogP contribution in [0.4, 0.5) is 5.82 Å². The zero-order valence-electron chi connectivity index (χ0n) is 19.9. The fourth-order valence-corrected chi connectivity index (χ4v) is 6.25. The van der Waals surface area contributed by atoms with Crippen LogP contribution < -0.4 is 10.6 Å². The second-order valence-corrected chi connectivity index (χ2v) is 10.5.